The first-order valence-corrected chi connectivity index (χ1v) is 6.07. The Balaban J connectivity index is 2.07. The van der Waals surface area contributed by atoms with E-state index in [1.165, 1.54) is 0 Å². The molecule has 4 heteroatoms. The fourth-order valence-electron chi connectivity index (χ4n) is 1.73. The van der Waals surface area contributed by atoms with Crippen molar-refractivity contribution in [3.63, 3.8) is 0 Å². The molecule has 2 rings (SSSR count). The molecule has 0 saturated carbocycles. The van der Waals surface area contributed by atoms with Crippen molar-refractivity contribution in [1.29, 1.82) is 0 Å². The number of nitrogens with zero attached hydrogens (tertiary/aromatic N) is 1. The average molecular weight is 243 g/mol. The lowest BCUT2D eigenvalue weighted by Crippen LogP contribution is -2.20. The largest absolute Gasteiger partial charge is 0.361 e. The van der Waals surface area contributed by atoms with E-state index in [1.807, 2.05) is 44.3 Å². The number of nitrogens with one attached hydrogen (secondary N) is 2. The molecular formula is C14H17N3O. The Morgan fingerprint density at radius 2 is 2.17 bits per heavy atom. The van der Waals surface area contributed by atoms with Crippen molar-refractivity contribution < 1.29 is 4.79 Å². The van der Waals surface area contributed by atoms with Gasteiger partial charge in [0.05, 0.1) is 6.42 Å². The van der Waals surface area contributed by atoms with Crippen LogP contribution in [0.5, 0.6) is 0 Å². The molecule has 0 aliphatic rings. The third-order valence-electron chi connectivity index (χ3n) is 2.91. The first kappa shape index (κ1) is 12.4. The van der Waals surface area contributed by atoms with Crippen LogP contribution >= 0.6 is 0 Å². The van der Waals surface area contributed by atoms with Gasteiger partial charge in [-0.05, 0) is 25.0 Å². The van der Waals surface area contributed by atoms with Crippen molar-refractivity contribution in [1.82, 2.24) is 10.4 Å². The quantitative estimate of drug-likeness (QED) is 0.629. The molecule has 0 spiro atoms. The van der Waals surface area contributed by atoms with Crippen LogP contribution in [0, 0.1) is 0 Å². The van der Waals surface area contributed by atoms with Crippen LogP contribution in [-0.2, 0) is 11.2 Å². The molecule has 0 radical (unpaired) electrons. The maximum atomic E-state index is 11.7. The third-order valence-corrected chi connectivity index (χ3v) is 2.91. The lowest BCUT2D eigenvalue weighted by molar-refractivity contribution is -0.120. The van der Waals surface area contributed by atoms with Crippen LogP contribution < -0.4 is 5.43 Å². The molecule has 2 N–H and O–H groups in total. The second-order valence-electron chi connectivity index (χ2n) is 4.27. The van der Waals surface area contributed by atoms with Gasteiger partial charge in [-0.15, -0.1) is 0 Å². The minimum atomic E-state index is -0.0902. The summed E-state index contributed by atoms with van der Waals surface area (Å²) in [4.78, 5) is 14.9. The molecule has 18 heavy (non-hydrogen) atoms. The van der Waals surface area contributed by atoms with Gasteiger partial charge >= 0.3 is 0 Å². The number of hydrogen-bond acceptors (Lipinski definition) is 2. The van der Waals surface area contributed by atoms with E-state index in [0.717, 1.165) is 28.6 Å². The normalized spacial score (nSPS) is 11.8. The van der Waals surface area contributed by atoms with Crippen molar-refractivity contribution in [3.05, 3.63) is 36.0 Å². The summed E-state index contributed by atoms with van der Waals surface area (Å²) < 4.78 is 0. The molecule has 1 heterocycles. The average Bonchev–Trinajstić information content (AvgIpc) is 2.79. The van der Waals surface area contributed by atoms with E-state index >= 15 is 0 Å². The van der Waals surface area contributed by atoms with Crippen molar-refractivity contribution in [2.45, 2.75) is 26.7 Å². The maximum absolute atomic E-state index is 11.7. The SMILES string of the molecule is CC/C(C)=N/NC(=O)Cc1c[nH]c2ccccc12. The first-order chi connectivity index (χ1) is 8.70. The van der Waals surface area contributed by atoms with Crippen molar-refractivity contribution in [2.24, 2.45) is 5.10 Å². The van der Waals surface area contributed by atoms with E-state index in [4.69, 9.17) is 0 Å². The van der Waals surface area contributed by atoms with Gasteiger partial charge in [-0.1, -0.05) is 25.1 Å². The second kappa shape index (κ2) is 5.49. The molecule has 94 valence electrons. The van der Waals surface area contributed by atoms with Gasteiger partial charge in [-0.25, -0.2) is 5.43 Å². The third kappa shape index (κ3) is 2.77. The van der Waals surface area contributed by atoms with Crippen molar-refractivity contribution in [2.75, 3.05) is 0 Å². The molecule has 0 unspecified atom stereocenters. The standard InChI is InChI=1S/C14H17N3O/c1-3-10(2)16-17-14(18)8-11-9-15-13-7-5-4-6-12(11)13/h4-7,9,15H,3,8H2,1-2H3,(H,17,18)/b16-10+. The van der Waals surface area contributed by atoms with Crippen LogP contribution in [0.4, 0.5) is 0 Å². The number of carbonyl (C=O) groups excluding carboxylic acids is 1. The summed E-state index contributed by atoms with van der Waals surface area (Å²) in [6.07, 6.45) is 3.05. The van der Waals surface area contributed by atoms with Crippen LogP contribution in [0.25, 0.3) is 10.9 Å². The highest BCUT2D eigenvalue weighted by molar-refractivity contribution is 5.89. The number of rotatable bonds is 4. The summed E-state index contributed by atoms with van der Waals surface area (Å²) >= 11 is 0. The van der Waals surface area contributed by atoms with Gasteiger partial charge in [-0.2, -0.15) is 5.10 Å². The second-order valence-corrected chi connectivity index (χ2v) is 4.27. The van der Waals surface area contributed by atoms with Crippen molar-refractivity contribution >= 4 is 22.5 Å². The summed E-state index contributed by atoms with van der Waals surface area (Å²) in [6, 6.07) is 7.94. The smallest absolute Gasteiger partial charge is 0.244 e. The Morgan fingerprint density at radius 3 is 2.94 bits per heavy atom. The Labute approximate surface area is 106 Å². The number of H-pyrrole nitrogens is 1. The van der Waals surface area contributed by atoms with Gasteiger partial charge in [0.15, 0.2) is 0 Å². The van der Waals surface area contributed by atoms with Gasteiger partial charge in [0.25, 0.3) is 0 Å². The highest BCUT2D eigenvalue weighted by Crippen LogP contribution is 2.17. The molecule has 1 aromatic heterocycles. The number of benzene rings is 1. The number of fused-ring (bicyclic) bond motifs is 1. The Bertz CT molecular complexity index is 583. The van der Waals surface area contributed by atoms with Crippen LogP contribution in [0.15, 0.2) is 35.6 Å². The first-order valence-electron chi connectivity index (χ1n) is 6.07. The number of carbonyl (C=O) groups is 1. The number of aromatic amines is 1. The molecular weight excluding hydrogens is 226 g/mol. The fraction of sp³-hybridized carbons (Fsp3) is 0.286. The number of aromatic nitrogens is 1. The lowest BCUT2D eigenvalue weighted by Gasteiger charge is -2.00. The van der Waals surface area contributed by atoms with Gasteiger partial charge in [0.1, 0.15) is 0 Å². The zero-order valence-electron chi connectivity index (χ0n) is 10.7. The van der Waals surface area contributed by atoms with E-state index in [9.17, 15) is 4.79 Å². The highest BCUT2D eigenvalue weighted by atomic mass is 16.2. The molecule has 1 aromatic carbocycles. The fourth-order valence-corrected chi connectivity index (χ4v) is 1.73. The van der Waals surface area contributed by atoms with Crippen molar-refractivity contribution in [3.8, 4) is 0 Å². The Hall–Kier alpha value is -2.10. The van der Waals surface area contributed by atoms with E-state index in [-0.39, 0.29) is 5.91 Å². The molecule has 2 aromatic rings. The number of para-hydroxylation sites is 1. The topological polar surface area (TPSA) is 57.2 Å². The van der Waals surface area contributed by atoms with Crippen LogP contribution in [0.2, 0.25) is 0 Å². The van der Waals surface area contributed by atoms with E-state index in [0.29, 0.717) is 6.42 Å². The number of hydrazone groups is 1. The molecule has 0 aliphatic heterocycles. The number of amides is 1. The summed E-state index contributed by atoms with van der Waals surface area (Å²) in [5, 5.41) is 5.10. The minimum absolute atomic E-state index is 0.0902. The Kier molecular flexibility index (Phi) is 3.77. The minimum Gasteiger partial charge on any atom is -0.361 e. The van der Waals surface area contributed by atoms with Gasteiger partial charge < -0.3 is 4.98 Å². The molecule has 0 atom stereocenters. The Morgan fingerprint density at radius 1 is 1.39 bits per heavy atom. The van der Waals surface area contributed by atoms with Gasteiger partial charge in [-0.3, -0.25) is 4.79 Å². The van der Waals surface area contributed by atoms with E-state index in [1.54, 1.807) is 0 Å². The molecule has 0 fully saturated rings. The van der Waals surface area contributed by atoms with Crippen LogP contribution in [0.1, 0.15) is 25.8 Å². The lowest BCUT2D eigenvalue weighted by atomic mass is 10.1. The van der Waals surface area contributed by atoms with E-state index < -0.39 is 0 Å². The molecule has 0 bridgehead atoms. The van der Waals surface area contributed by atoms with Gasteiger partial charge in [0, 0.05) is 22.8 Å². The molecule has 0 aliphatic carbocycles. The number of hydrogen-bond donors (Lipinski definition) is 2. The van der Waals surface area contributed by atoms with Crippen LogP contribution in [0.3, 0.4) is 0 Å². The zero-order valence-corrected chi connectivity index (χ0v) is 10.7. The summed E-state index contributed by atoms with van der Waals surface area (Å²) in [7, 11) is 0. The highest BCUT2D eigenvalue weighted by Gasteiger charge is 2.07. The van der Waals surface area contributed by atoms with E-state index in [2.05, 4.69) is 15.5 Å². The maximum Gasteiger partial charge on any atom is 0.244 e. The molecule has 0 saturated heterocycles. The zero-order chi connectivity index (χ0) is 13.0. The molecule has 1 amide bonds. The van der Waals surface area contributed by atoms with Crippen LogP contribution in [-0.4, -0.2) is 16.6 Å². The molecule has 4 nitrogen and oxygen atoms in total. The summed E-state index contributed by atoms with van der Waals surface area (Å²) in [5.41, 5.74) is 5.53. The predicted molar refractivity (Wildman–Crippen MR) is 73.5 cm³/mol. The monoisotopic (exact) mass is 243 g/mol. The van der Waals surface area contributed by atoms with Gasteiger partial charge in [0.2, 0.25) is 5.91 Å². The summed E-state index contributed by atoms with van der Waals surface area (Å²) in [6.45, 7) is 3.90. The summed E-state index contributed by atoms with van der Waals surface area (Å²) in [5.74, 6) is -0.0902. The predicted octanol–water partition coefficient (Wildman–Crippen LogP) is 2.61.